The maximum absolute atomic E-state index is 13.8. The van der Waals surface area contributed by atoms with E-state index < -0.39 is 17.9 Å². The molecule has 1 N–H and O–H groups in total. The van der Waals surface area contributed by atoms with Crippen LogP contribution in [-0.4, -0.2) is 60.0 Å². The van der Waals surface area contributed by atoms with Gasteiger partial charge >= 0.3 is 5.97 Å². The molecule has 0 aliphatic carbocycles. The molecular formula is C25H29N3O6. The molecule has 0 radical (unpaired) electrons. The number of fused-ring (bicyclic) bond motifs is 3. The molecule has 3 aromatic rings. The number of ether oxygens (including phenoxy) is 3. The number of carbonyl (C=O) groups excluding carboxylic acids is 2. The zero-order chi connectivity index (χ0) is 24.2. The number of aromatic nitrogens is 2. The monoisotopic (exact) mass is 467 g/mol. The summed E-state index contributed by atoms with van der Waals surface area (Å²) in [6, 6.07) is 11.7. The molecule has 4 rings (SSSR count). The van der Waals surface area contributed by atoms with Crippen molar-refractivity contribution in [3.63, 3.8) is 0 Å². The largest absolute Gasteiger partial charge is 0.504 e. The van der Waals surface area contributed by atoms with Crippen LogP contribution in [0.15, 0.2) is 42.5 Å². The number of benzene rings is 2. The summed E-state index contributed by atoms with van der Waals surface area (Å²) in [5.41, 5.74) is 2.13. The van der Waals surface area contributed by atoms with Gasteiger partial charge in [0.2, 0.25) is 11.9 Å². The highest BCUT2D eigenvalue weighted by Gasteiger charge is 2.47. The Morgan fingerprint density at radius 2 is 1.94 bits per heavy atom. The number of methoxy groups -OCH3 is 1. The Labute approximate surface area is 197 Å². The van der Waals surface area contributed by atoms with Gasteiger partial charge in [-0.15, -0.1) is 0 Å². The van der Waals surface area contributed by atoms with E-state index in [9.17, 15) is 14.7 Å². The first-order valence-corrected chi connectivity index (χ1v) is 11.4. The summed E-state index contributed by atoms with van der Waals surface area (Å²) in [4.78, 5) is 33.3. The van der Waals surface area contributed by atoms with Crippen LogP contribution in [0.25, 0.3) is 11.0 Å². The highest BCUT2D eigenvalue weighted by molar-refractivity contribution is 6.08. The van der Waals surface area contributed by atoms with Gasteiger partial charge in [-0.05, 0) is 50.1 Å². The molecule has 2 aromatic carbocycles. The molecule has 1 amide bonds. The van der Waals surface area contributed by atoms with E-state index >= 15 is 0 Å². The van der Waals surface area contributed by atoms with Crippen LogP contribution in [0.4, 0.5) is 5.95 Å². The molecule has 9 heteroatoms. The quantitative estimate of drug-likeness (QED) is 0.293. The second-order valence-electron chi connectivity index (χ2n) is 7.94. The molecule has 1 aliphatic heterocycles. The first-order chi connectivity index (χ1) is 16.5. The van der Waals surface area contributed by atoms with E-state index in [1.807, 2.05) is 35.8 Å². The number of phenols is 1. The summed E-state index contributed by atoms with van der Waals surface area (Å²) in [7, 11) is 1.60. The molecule has 0 saturated carbocycles. The predicted octanol–water partition coefficient (Wildman–Crippen LogP) is 3.29. The van der Waals surface area contributed by atoms with Crippen molar-refractivity contribution in [3.05, 3.63) is 48.0 Å². The molecule has 0 bridgehead atoms. The number of anilines is 1. The van der Waals surface area contributed by atoms with E-state index in [1.165, 1.54) is 6.07 Å². The summed E-state index contributed by atoms with van der Waals surface area (Å²) in [5, 5.41) is 10.2. The lowest BCUT2D eigenvalue weighted by Gasteiger charge is -2.38. The smallest absolute Gasteiger partial charge is 0.321 e. The van der Waals surface area contributed by atoms with Crippen molar-refractivity contribution >= 4 is 28.9 Å². The van der Waals surface area contributed by atoms with Crippen molar-refractivity contribution in [3.8, 4) is 11.5 Å². The van der Waals surface area contributed by atoms with Crippen molar-refractivity contribution in [2.45, 2.75) is 26.3 Å². The van der Waals surface area contributed by atoms with Crippen LogP contribution in [-0.2, 0) is 19.1 Å². The molecular weight excluding hydrogens is 438 g/mol. The average Bonchev–Trinajstić information content (AvgIpc) is 3.21. The van der Waals surface area contributed by atoms with Crippen LogP contribution in [0, 0.1) is 5.92 Å². The number of carbonyl (C=O) groups is 2. The molecule has 180 valence electrons. The molecule has 0 unspecified atom stereocenters. The van der Waals surface area contributed by atoms with Gasteiger partial charge < -0.3 is 23.9 Å². The molecule has 34 heavy (non-hydrogen) atoms. The summed E-state index contributed by atoms with van der Waals surface area (Å²) in [6.07, 6.45) is 0.583. The number of para-hydroxylation sites is 2. The molecule has 0 fully saturated rings. The third-order valence-electron chi connectivity index (χ3n) is 5.84. The van der Waals surface area contributed by atoms with Crippen LogP contribution in [0.2, 0.25) is 0 Å². The number of esters is 1. The summed E-state index contributed by atoms with van der Waals surface area (Å²) in [5.74, 6) is -1.40. The maximum Gasteiger partial charge on any atom is 0.321 e. The molecule has 1 aliphatic rings. The van der Waals surface area contributed by atoms with Gasteiger partial charge in [0.05, 0.1) is 30.3 Å². The van der Waals surface area contributed by atoms with Gasteiger partial charge in [-0.1, -0.05) is 18.2 Å². The number of phenolic OH excluding ortho intramolecular Hbond substituents is 1. The summed E-state index contributed by atoms with van der Waals surface area (Å²) < 4.78 is 18.0. The number of hydrogen-bond acceptors (Lipinski definition) is 7. The van der Waals surface area contributed by atoms with Gasteiger partial charge in [-0.2, -0.15) is 0 Å². The fraction of sp³-hybridized carbons (Fsp3) is 0.400. The minimum atomic E-state index is -1.13. The maximum atomic E-state index is 13.8. The number of rotatable bonds is 9. The van der Waals surface area contributed by atoms with Crippen molar-refractivity contribution in [2.24, 2.45) is 5.92 Å². The van der Waals surface area contributed by atoms with Gasteiger partial charge in [0, 0.05) is 20.3 Å². The Hall–Kier alpha value is -3.59. The van der Waals surface area contributed by atoms with E-state index in [-0.39, 0.29) is 24.0 Å². The highest BCUT2D eigenvalue weighted by atomic mass is 16.5. The third kappa shape index (κ3) is 4.19. The Morgan fingerprint density at radius 1 is 1.15 bits per heavy atom. The number of hydrogen-bond donors (Lipinski definition) is 1. The zero-order valence-corrected chi connectivity index (χ0v) is 19.6. The number of amides is 1. The van der Waals surface area contributed by atoms with Gasteiger partial charge in [0.1, 0.15) is 0 Å². The first-order valence-electron chi connectivity index (χ1n) is 11.4. The zero-order valence-electron chi connectivity index (χ0n) is 19.6. The van der Waals surface area contributed by atoms with E-state index in [1.54, 1.807) is 31.1 Å². The Morgan fingerprint density at radius 3 is 2.68 bits per heavy atom. The topological polar surface area (TPSA) is 103 Å². The molecule has 2 heterocycles. The highest BCUT2D eigenvalue weighted by Crippen LogP contribution is 2.43. The SMILES string of the molecule is CCOC(=O)[C@H]1C(=O)N(CCCOC)c2nc3ccccc3n2[C@@H]1c1ccc(O)c(OCC)c1. The second-order valence-corrected chi connectivity index (χ2v) is 7.94. The van der Waals surface area contributed by atoms with Crippen LogP contribution >= 0.6 is 0 Å². The van der Waals surface area contributed by atoms with Crippen molar-refractivity contribution < 1.29 is 28.9 Å². The molecule has 1 aromatic heterocycles. The minimum absolute atomic E-state index is 0.0164. The normalized spacial score (nSPS) is 17.6. The van der Waals surface area contributed by atoms with Crippen molar-refractivity contribution in [1.29, 1.82) is 0 Å². The number of nitrogens with zero attached hydrogens (tertiary/aromatic N) is 3. The summed E-state index contributed by atoms with van der Waals surface area (Å²) in [6.45, 7) is 4.84. The molecule has 0 saturated heterocycles. The van der Waals surface area contributed by atoms with E-state index in [0.717, 1.165) is 5.52 Å². The lowest BCUT2D eigenvalue weighted by Crippen LogP contribution is -2.50. The van der Waals surface area contributed by atoms with Crippen LogP contribution in [0.1, 0.15) is 31.9 Å². The predicted molar refractivity (Wildman–Crippen MR) is 126 cm³/mol. The molecule has 0 spiro atoms. The summed E-state index contributed by atoms with van der Waals surface area (Å²) >= 11 is 0. The number of imidazole rings is 1. The first kappa shape index (κ1) is 23.6. The van der Waals surface area contributed by atoms with E-state index in [4.69, 9.17) is 19.2 Å². The van der Waals surface area contributed by atoms with E-state index in [0.29, 0.717) is 43.2 Å². The van der Waals surface area contributed by atoms with Crippen LogP contribution < -0.4 is 9.64 Å². The third-order valence-corrected chi connectivity index (χ3v) is 5.84. The van der Waals surface area contributed by atoms with Crippen LogP contribution in [0.5, 0.6) is 11.5 Å². The van der Waals surface area contributed by atoms with Gasteiger partial charge in [0.15, 0.2) is 17.4 Å². The fourth-order valence-electron chi connectivity index (χ4n) is 4.41. The molecule has 9 nitrogen and oxygen atoms in total. The lowest BCUT2D eigenvalue weighted by molar-refractivity contribution is -0.153. The minimum Gasteiger partial charge on any atom is -0.504 e. The lowest BCUT2D eigenvalue weighted by atomic mass is 9.89. The number of aromatic hydroxyl groups is 1. The van der Waals surface area contributed by atoms with Gasteiger partial charge in [-0.25, -0.2) is 4.98 Å². The van der Waals surface area contributed by atoms with Crippen molar-refractivity contribution in [1.82, 2.24) is 9.55 Å². The Balaban J connectivity index is 1.94. The van der Waals surface area contributed by atoms with Gasteiger partial charge in [0.25, 0.3) is 0 Å². The standard InChI is InChI=1S/C25H29N3O6/c1-4-33-20-15-16(11-12-19(20)29)22-21(24(31)34-5-2)23(30)27(13-8-14-32-3)25-26-17-9-6-7-10-18(17)28(22)25/h6-7,9-12,15,21-22,29H,4-5,8,13-14H2,1-3H3/t21-,22-/m1/s1. The Bertz CT molecular complexity index is 1190. The van der Waals surface area contributed by atoms with Crippen molar-refractivity contribution in [2.75, 3.05) is 38.4 Å². The molecule has 2 atom stereocenters. The average molecular weight is 468 g/mol. The Kier molecular flexibility index (Phi) is 7.02. The van der Waals surface area contributed by atoms with Gasteiger partial charge in [-0.3, -0.25) is 14.5 Å². The second kappa shape index (κ2) is 10.1. The van der Waals surface area contributed by atoms with Crippen LogP contribution in [0.3, 0.4) is 0 Å². The van der Waals surface area contributed by atoms with E-state index in [2.05, 4.69) is 0 Å². The fourth-order valence-corrected chi connectivity index (χ4v) is 4.41.